The van der Waals surface area contributed by atoms with Crippen LogP contribution in [0.25, 0.3) is 0 Å². The average molecular weight is 233 g/mol. The third-order valence-corrected chi connectivity index (χ3v) is 3.99. The van der Waals surface area contributed by atoms with E-state index in [0.29, 0.717) is 6.04 Å². The molecule has 17 heavy (non-hydrogen) atoms. The quantitative estimate of drug-likeness (QED) is 0.783. The minimum absolute atomic E-state index is 0.597. The van der Waals surface area contributed by atoms with Gasteiger partial charge in [0.25, 0.3) is 0 Å². The van der Waals surface area contributed by atoms with Crippen LogP contribution in [0.3, 0.4) is 0 Å². The Bertz CT molecular complexity index is 444. The van der Waals surface area contributed by atoms with Crippen LogP contribution >= 0.6 is 0 Å². The number of methoxy groups -OCH3 is 2. The SMILES string of the molecule is COc1cc2c(cc1OC)C1CC(C)CN1C2. The molecule has 2 heterocycles. The lowest BCUT2D eigenvalue weighted by Gasteiger charge is -2.14. The zero-order chi connectivity index (χ0) is 12.0. The third kappa shape index (κ3) is 1.61. The molecule has 0 aliphatic carbocycles. The fraction of sp³-hybridized carbons (Fsp3) is 0.571. The van der Waals surface area contributed by atoms with Gasteiger partial charge in [-0.25, -0.2) is 0 Å². The van der Waals surface area contributed by atoms with E-state index < -0.39 is 0 Å². The molecule has 0 amide bonds. The van der Waals surface area contributed by atoms with E-state index in [1.54, 1.807) is 14.2 Å². The van der Waals surface area contributed by atoms with E-state index in [9.17, 15) is 0 Å². The van der Waals surface area contributed by atoms with Gasteiger partial charge >= 0.3 is 0 Å². The minimum Gasteiger partial charge on any atom is -0.493 e. The van der Waals surface area contributed by atoms with Crippen LogP contribution < -0.4 is 9.47 Å². The Labute approximate surface area is 102 Å². The van der Waals surface area contributed by atoms with Crippen LogP contribution in [0, 0.1) is 5.92 Å². The van der Waals surface area contributed by atoms with Gasteiger partial charge < -0.3 is 9.47 Å². The van der Waals surface area contributed by atoms with Crippen LogP contribution in [0.1, 0.15) is 30.5 Å². The number of ether oxygens (including phenoxy) is 2. The average Bonchev–Trinajstić information content (AvgIpc) is 2.82. The molecule has 0 N–H and O–H groups in total. The van der Waals surface area contributed by atoms with Crippen LogP contribution in [-0.4, -0.2) is 25.7 Å². The highest BCUT2D eigenvalue weighted by atomic mass is 16.5. The molecule has 1 aromatic rings. The molecule has 1 fully saturated rings. The molecule has 1 aromatic carbocycles. The second-order valence-corrected chi connectivity index (χ2v) is 5.19. The summed E-state index contributed by atoms with van der Waals surface area (Å²) in [6.07, 6.45) is 1.27. The Balaban J connectivity index is 2.02. The Morgan fingerprint density at radius 3 is 2.59 bits per heavy atom. The van der Waals surface area contributed by atoms with Crippen molar-refractivity contribution in [1.29, 1.82) is 0 Å². The van der Waals surface area contributed by atoms with Crippen LogP contribution in [0.15, 0.2) is 12.1 Å². The monoisotopic (exact) mass is 233 g/mol. The first-order valence-electron chi connectivity index (χ1n) is 6.21. The fourth-order valence-electron chi connectivity index (χ4n) is 3.23. The molecule has 0 saturated carbocycles. The van der Waals surface area contributed by atoms with E-state index in [0.717, 1.165) is 24.0 Å². The molecule has 0 aromatic heterocycles. The molecule has 2 atom stereocenters. The first-order valence-corrected chi connectivity index (χ1v) is 6.21. The van der Waals surface area contributed by atoms with Crippen molar-refractivity contribution in [3.8, 4) is 11.5 Å². The molecule has 1 saturated heterocycles. The Kier molecular flexibility index (Phi) is 2.51. The summed E-state index contributed by atoms with van der Waals surface area (Å²) in [6.45, 7) is 4.60. The molecule has 2 aliphatic rings. The van der Waals surface area contributed by atoms with Crippen molar-refractivity contribution in [2.24, 2.45) is 5.92 Å². The Hall–Kier alpha value is -1.22. The van der Waals surface area contributed by atoms with E-state index in [1.165, 1.54) is 24.1 Å². The van der Waals surface area contributed by atoms with E-state index in [2.05, 4.69) is 24.0 Å². The molecule has 3 rings (SSSR count). The molecule has 92 valence electrons. The summed E-state index contributed by atoms with van der Waals surface area (Å²) in [5, 5.41) is 0. The summed E-state index contributed by atoms with van der Waals surface area (Å²) in [5.74, 6) is 2.51. The van der Waals surface area contributed by atoms with Crippen molar-refractivity contribution in [1.82, 2.24) is 4.90 Å². The van der Waals surface area contributed by atoms with E-state index in [1.807, 2.05) is 0 Å². The number of nitrogens with zero attached hydrogens (tertiary/aromatic N) is 1. The molecular weight excluding hydrogens is 214 g/mol. The van der Waals surface area contributed by atoms with Gasteiger partial charge in [-0.2, -0.15) is 0 Å². The number of rotatable bonds is 2. The molecule has 3 heteroatoms. The smallest absolute Gasteiger partial charge is 0.161 e. The van der Waals surface area contributed by atoms with Gasteiger partial charge in [-0.15, -0.1) is 0 Å². The topological polar surface area (TPSA) is 21.7 Å². The molecule has 0 bridgehead atoms. The van der Waals surface area contributed by atoms with Gasteiger partial charge in [0, 0.05) is 19.1 Å². The van der Waals surface area contributed by atoms with Gasteiger partial charge in [0.1, 0.15) is 0 Å². The number of benzene rings is 1. The van der Waals surface area contributed by atoms with Gasteiger partial charge in [0.15, 0.2) is 11.5 Å². The maximum absolute atomic E-state index is 5.39. The standard InChI is InChI=1S/C14H19NO2/c1-9-4-12-11-6-14(17-3)13(16-2)5-10(11)8-15(12)7-9/h5-6,9,12H,4,7-8H2,1-3H3. The predicted octanol–water partition coefficient (Wildman–Crippen LogP) is 2.60. The van der Waals surface area contributed by atoms with Crippen molar-refractivity contribution >= 4 is 0 Å². The lowest BCUT2D eigenvalue weighted by molar-refractivity contribution is 0.276. The Morgan fingerprint density at radius 1 is 1.18 bits per heavy atom. The van der Waals surface area contributed by atoms with Crippen LogP contribution in [0.2, 0.25) is 0 Å². The first kappa shape index (κ1) is 10.9. The van der Waals surface area contributed by atoms with Gasteiger partial charge in [-0.3, -0.25) is 4.90 Å². The molecule has 0 spiro atoms. The summed E-state index contributed by atoms with van der Waals surface area (Å²) in [7, 11) is 3.40. The highest BCUT2D eigenvalue weighted by Gasteiger charge is 2.37. The molecular formula is C14H19NO2. The van der Waals surface area contributed by atoms with Crippen LogP contribution in [-0.2, 0) is 6.54 Å². The van der Waals surface area contributed by atoms with Gasteiger partial charge in [-0.1, -0.05) is 6.92 Å². The van der Waals surface area contributed by atoms with Crippen molar-refractivity contribution < 1.29 is 9.47 Å². The van der Waals surface area contributed by atoms with Crippen molar-refractivity contribution in [3.63, 3.8) is 0 Å². The summed E-state index contributed by atoms with van der Waals surface area (Å²) in [5.41, 5.74) is 2.84. The van der Waals surface area contributed by atoms with E-state index in [4.69, 9.17) is 9.47 Å². The second kappa shape index (κ2) is 3.91. The number of fused-ring (bicyclic) bond motifs is 3. The van der Waals surface area contributed by atoms with E-state index in [-0.39, 0.29) is 0 Å². The van der Waals surface area contributed by atoms with Crippen molar-refractivity contribution in [3.05, 3.63) is 23.3 Å². The lowest BCUT2D eigenvalue weighted by Crippen LogP contribution is -2.15. The number of hydrogen-bond donors (Lipinski definition) is 0. The highest BCUT2D eigenvalue weighted by Crippen LogP contribution is 2.46. The van der Waals surface area contributed by atoms with Gasteiger partial charge in [0.2, 0.25) is 0 Å². The summed E-state index contributed by atoms with van der Waals surface area (Å²) >= 11 is 0. The number of hydrogen-bond acceptors (Lipinski definition) is 3. The lowest BCUT2D eigenvalue weighted by atomic mass is 9.98. The zero-order valence-corrected chi connectivity index (χ0v) is 10.7. The predicted molar refractivity (Wildman–Crippen MR) is 66.5 cm³/mol. The summed E-state index contributed by atoms with van der Waals surface area (Å²) < 4.78 is 10.8. The zero-order valence-electron chi connectivity index (χ0n) is 10.7. The van der Waals surface area contributed by atoms with Crippen molar-refractivity contribution in [2.75, 3.05) is 20.8 Å². The van der Waals surface area contributed by atoms with Gasteiger partial charge in [-0.05, 0) is 35.6 Å². The highest BCUT2D eigenvalue weighted by molar-refractivity contribution is 5.50. The maximum Gasteiger partial charge on any atom is 0.161 e. The molecule has 3 nitrogen and oxygen atoms in total. The minimum atomic E-state index is 0.597. The second-order valence-electron chi connectivity index (χ2n) is 5.19. The van der Waals surface area contributed by atoms with Gasteiger partial charge in [0.05, 0.1) is 14.2 Å². The fourth-order valence-corrected chi connectivity index (χ4v) is 3.23. The normalized spacial score (nSPS) is 26.8. The largest absolute Gasteiger partial charge is 0.493 e. The maximum atomic E-state index is 5.39. The molecule has 2 aliphatic heterocycles. The van der Waals surface area contributed by atoms with Crippen LogP contribution in [0.5, 0.6) is 11.5 Å². The Morgan fingerprint density at radius 2 is 1.88 bits per heavy atom. The molecule has 0 radical (unpaired) electrons. The first-order chi connectivity index (χ1) is 8.22. The summed E-state index contributed by atoms with van der Waals surface area (Å²) in [4.78, 5) is 2.56. The van der Waals surface area contributed by atoms with Crippen LogP contribution in [0.4, 0.5) is 0 Å². The molecule has 2 unspecified atom stereocenters. The van der Waals surface area contributed by atoms with Crippen molar-refractivity contribution in [2.45, 2.75) is 25.9 Å². The third-order valence-electron chi connectivity index (χ3n) is 3.99. The van der Waals surface area contributed by atoms with E-state index >= 15 is 0 Å². The summed E-state index contributed by atoms with van der Waals surface area (Å²) in [6, 6.07) is 4.90.